The summed E-state index contributed by atoms with van der Waals surface area (Å²) < 4.78 is 0. The summed E-state index contributed by atoms with van der Waals surface area (Å²) in [6, 6.07) is 10.1. The van der Waals surface area contributed by atoms with E-state index in [0.717, 1.165) is 13.1 Å². The Morgan fingerprint density at radius 1 is 1.26 bits per heavy atom. The minimum atomic E-state index is 0.537. The normalized spacial score (nSPS) is 25.4. The Labute approximate surface area is 117 Å². The maximum absolute atomic E-state index is 3.35. The number of likely N-dealkylation sites (N-methyl/N-ethyl adjacent to an activating group) is 2. The number of rotatable bonds is 3. The highest BCUT2D eigenvalue weighted by Gasteiger charge is 2.27. The predicted molar refractivity (Wildman–Crippen MR) is 82.9 cm³/mol. The van der Waals surface area contributed by atoms with Crippen LogP contribution in [0.1, 0.15) is 18.9 Å². The fourth-order valence-corrected chi connectivity index (χ4v) is 3.03. The average molecular weight is 261 g/mol. The zero-order chi connectivity index (χ0) is 13.8. The van der Waals surface area contributed by atoms with E-state index in [9.17, 15) is 0 Å². The van der Waals surface area contributed by atoms with Crippen LogP contribution in [0.3, 0.4) is 0 Å². The summed E-state index contributed by atoms with van der Waals surface area (Å²) >= 11 is 0. The second kappa shape index (κ2) is 6.40. The molecule has 106 valence electrons. The van der Waals surface area contributed by atoms with Gasteiger partial charge >= 0.3 is 0 Å². The Bertz CT molecular complexity index is 387. The topological polar surface area (TPSA) is 18.5 Å². The van der Waals surface area contributed by atoms with Crippen LogP contribution in [0, 0.1) is 6.92 Å². The van der Waals surface area contributed by atoms with Gasteiger partial charge in [0, 0.05) is 24.8 Å². The number of hydrogen-bond donors (Lipinski definition) is 1. The number of nitrogens with zero attached hydrogens (tertiary/aromatic N) is 2. The highest BCUT2D eigenvalue weighted by atomic mass is 15.3. The van der Waals surface area contributed by atoms with Crippen molar-refractivity contribution in [2.45, 2.75) is 32.4 Å². The molecule has 1 aliphatic rings. The van der Waals surface area contributed by atoms with E-state index in [4.69, 9.17) is 0 Å². The molecular weight excluding hydrogens is 234 g/mol. The van der Waals surface area contributed by atoms with E-state index in [-0.39, 0.29) is 0 Å². The van der Waals surface area contributed by atoms with E-state index < -0.39 is 0 Å². The molecule has 0 radical (unpaired) electrons. The van der Waals surface area contributed by atoms with Crippen molar-refractivity contribution in [2.75, 3.05) is 38.6 Å². The first-order chi connectivity index (χ1) is 9.11. The van der Waals surface area contributed by atoms with Crippen LogP contribution in [-0.2, 0) is 0 Å². The zero-order valence-electron chi connectivity index (χ0n) is 12.7. The Kier molecular flexibility index (Phi) is 4.83. The number of anilines is 1. The monoisotopic (exact) mass is 261 g/mol. The largest absolute Gasteiger partial charge is 0.363 e. The zero-order valence-corrected chi connectivity index (χ0v) is 12.7. The Morgan fingerprint density at radius 2 is 1.95 bits per heavy atom. The number of aryl methyl sites for hydroxylation is 1. The third kappa shape index (κ3) is 3.48. The average Bonchev–Trinajstić information content (AvgIpc) is 2.51. The summed E-state index contributed by atoms with van der Waals surface area (Å²) in [6.45, 7) is 7.83. The van der Waals surface area contributed by atoms with Gasteiger partial charge in [-0.3, -0.25) is 0 Å². The number of hydrogen-bond acceptors (Lipinski definition) is 3. The molecule has 0 aliphatic carbocycles. The van der Waals surface area contributed by atoms with E-state index in [1.54, 1.807) is 0 Å². The van der Waals surface area contributed by atoms with Gasteiger partial charge in [-0.05, 0) is 53.0 Å². The Morgan fingerprint density at radius 3 is 2.58 bits per heavy atom. The van der Waals surface area contributed by atoms with Crippen LogP contribution in [0.25, 0.3) is 0 Å². The van der Waals surface area contributed by atoms with Crippen LogP contribution >= 0.6 is 0 Å². The first-order valence-corrected chi connectivity index (χ1v) is 7.30. The van der Waals surface area contributed by atoms with E-state index in [1.165, 1.54) is 24.2 Å². The van der Waals surface area contributed by atoms with E-state index in [0.29, 0.717) is 12.1 Å². The van der Waals surface area contributed by atoms with Crippen molar-refractivity contribution in [2.24, 2.45) is 0 Å². The van der Waals surface area contributed by atoms with Gasteiger partial charge in [0.25, 0.3) is 0 Å². The molecule has 1 fully saturated rings. The highest BCUT2D eigenvalue weighted by molar-refractivity contribution is 5.50. The van der Waals surface area contributed by atoms with Crippen LogP contribution in [0.2, 0.25) is 0 Å². The van der Waals surface area contributed by atoms with E-state index >= 15 is 0 Å². The van der Waals surface area contributed by atoms with Gasteiger partial charge in [0.05, 0.1) is 6.04 Å². The van der Waals surface area contributed by atoms with Crippen LogP contribution in [0.15, 0.2) is 24.3 Å². The van der Waals surface area contributed by atoms with Crippen molar-refractivity contribution in [3.05, 3.63) is 29.8 Å². The molecule has 2 atom stereocenters. The molecule has 1 N–H and O–H groups in total. The third-order valence-corrected chi connectivity index (χ3v) is 4.09. The van der Waals surface area contributed by atoms with Gasteiger partial charge in [-0.15, -0.1) is 0 Å². The first kappa shape index (κ1) is 14.4. The van der Waals surface area contributed by atoms with Crippen molar-refractivity contribution in [3.8, 4) is 0 Å². The van der Waals surface area contributed by atoms with Crippen LogP contribution in [0.5, 0.6) is 0 Å². The smallest absolute Gasteiger partial charge is 0.0544 e. The summed E-state index contributed by atoms with van der Waals surface area (Å²) in [7, 11) is 4.27. The predicted octanol–water partition coefficient (Wildman–Crippen LogP) is 2.11. The summed E-state index contributed by atoms with van der Waals surface area (Å²) in [5, 5.41) is 3.35. The SMILES string of the molecule is CNCC1CN(C)CCC(C)N1c1ccc(C)cc1. The van der Waals surface area contributed by atoms with Gasteiger partial charge < -0.3 is 15.1 Å². The molecule has 3 nitrogen and oxygen atoms in total. The van der Waals surface area contributed by atoms with E-state index in [2.05, 4.69) is 60.3 Å². The molecule has 19 heavy (non-hydrogen) atoms. The standard InChI is InChI=1S/C16H27N3/c1-13-5-7-15(8-6-13)19-14(2)9-10-18(4)12-16(19)11-17-3/h5-8,14,16-17H,9-12H2,1-4H3. The molecular formula is C16H27N3. The molecule has 2 unspecified atom stereocenters. The number of benzene rings is 1. The van der Waals surface area contributed by atoms with Gasteiger partial charge in [0.2, 0.25) is 0 Å². The lowest BCUT2D eigenvalue weighted by molar-refractivity contribution is 0.328. The lowest BCUT2D eigenvalue weighted by Crippen LogP contribution is -2.49. The number of nitrogens with one attached hydrogen (secondary N) is 1. The molecule has 1 saturated heterocycles. The molecule has 3 heteroatoms. The maximum Gasteiger partial charge on any atom is 0.0544 e. The van der Waals surface area contributed by atoms with Crippen LogP contribution in [0.4, 0.5) is 5.69 Å². The summed E-state index contributed by atoms with van der Waals surface area (Å²) in [6.07, 6.45) is 1.23. The molecule has 0 amide bonds. The lowest BCUT2D eigenvalue weighted by atomic mass is 10.1. The molecule has 1 aromatic carbocycles. The van der Waals surface area contributed by atoms with Crippen molar-refractivity contribution in [1.29, 1.82) is 0 Å². The molecule has 0 bridgehead atoms. The molecule has 1 aromatic rings. The molecule has 0 spiro atoms. The molecule has 1 heterocycles. The molecule has 0 saturated carbocycles. The van der Waals surface area contributed by atoms with Gasteiger partial charge in [-0.25, -0.2) is 0 Å². The summed E-state index contributed by atoms with van der Waals surface area (Å²) in [5.41, 5.74) is 2.68. The van der Waals surface area contributed by atoms with Crippen LogP contribution < -0.4 is 10.2 Å². The van der Waals surface area contributed by atoms with Crippen LogP contribution in [-0.4, -0.2) is 50.7 Å². The first-order valence-electron chi connectivity index (χ1n) is 7.30. The molecule has 1 aliphatic heterocycles. The van der Waals surface area contributed by atoms with Gasteiger partial charge in [-0.1, -0.05) is 17.7 Å². The molecule has 0 aromatic heterocycles. The summed E-state index contributed by atoms with van der Waals surface area (Å²) in [4.78, 5) is 5.05. The van der Waals surface area contributed by atoms with Crippen molar-refractivity contribution >= 4 is 5.69 Å². The van der Waals surface area contributed by atoms with Gasteiger partial charge in [0.15, 0.2) is 0 Å². The van der Waals surface area contributed by atoms with Gasteiger partial charge in [-0.2, -0.15) is 0 Å². The minimum Gasteiger partial charge on any atom is -0.363 e. The highest BCUT2D eigenvalue weighted by Crippen LogP contribution is 2.24. The lowest BCUT2D eigenvalue weighted by Gasteiger charge is -2.37. The Hall–Kier alpha value is -1.06. The Balaban J connectivity index is 2.27. The van der Waals surface area contributed by atoms with E-state index in [1.807, 2.05) is 7.05 Å². The minimum absolute atomic E-state index is 0.537. The third-order valence-electron chi connectivity index (χ3n) is 4.09. The molecule has 2 rings (SSSR count). The van der Waals surface area contributed by atoms with Gasteiger partial charge in [0.1, 0.15) is 0 Å². The second-order valence-electron chi connectivity index (χ2n) is 5.85. The van der Waals surface area contributed by atoms with Crippen molar-refractivity contribution in [3.63, 3.8) is 0 Å². The fraction of sp³-hybridized carbons (Fsp3) is 0.625. The quantitative estimate of drug-likeness (QED) is 0.899. The maximum atomic E-state index is 3.35. The van der Waals surface area contributed by atoms with Crippen molar-refractivity contribution in [1.82, 2.24) is 10.2 Å². The second-order valence-corrected chi connectivity index (χ2v) is 5.85. The van der Waals surface area contributed by atoms with Crippen molar-refractivity contribution < 1.29 is 0 Å². The summed E-state index contributed by atoms with van der Waals surface area (Å²) in [5.74, 6) is 0. The fourth-order valence-electron chi connectivity index (χ4n) is 3.03.